The highest BCUT2D eigenvalue weighted by atomic mass is 16.6. The molecule has 0 aliphatic carbocycles. The summed E-state index contributed by atoms with van der Waals surface area (Å²) in [6.45, 7) is 14.8. The van der Waals surface area contributed by atoms with E-state index >= 15 is 0 Å². The second kappa shape index (κ2) is 6.52. The van der Waals surface area contributed by atoms with Gasteiger partial charge < -0.3 is 14.4 Å². The van der Waals surface area contributed by atoms with Gasteiger partial charge in [-0.05, 0) is 41.5 Å². The van der Waals surface area contributed by atoms with Crippen molar-refractivity contribution in [2.24, 2.45) is 0 Å². The Balaban J connectivity index is 1.81. The first-order chi connectivity index (χ1) is 11.6. The van der Waals surface area contributed by atoms with Crippen LogP contribution in [0.5, 0.6) is 0 Å². The monoisotopic (exact) mass is 350 g/mol. The number of fused-ring (bicyclic) bond motifs is 1. The molecule has 1 fully saturated rings. The van der Waals surface area contributed by atoms with Crippen molar-refractivity contribution >= 4 is 11.8 Å². The Morgan fingerprint density at radius 2 is 1.84 bits per heavy atom. The summed E-state index contributed by atoms with van der Waals surface area (Å²) in [5.74, 6) is 0. The number of anilines is 1. The molecule has 0 aromatic carbocycles. The Bertz CT molecular complexity index is 627. The molecule has 3 heterocycles. The number of carbonyl (C=O) groups is 1. The van der Waals surface area contributed by atoms with Crippen LogP contribution >= 0.6 is 0 Å². The van der Waals surface area contributed by atoms with Crippen molar-refractivity contribution in [1.29, 1.82) is 0 Å². The van der Waals surface area contributed by atoms with Crippen LogP contribution in [0.3, 0.4) is 0 Å². The van der Waals surface area contributed by atoms with Crippen LogP contribution in [0.15, 0.2) is 6.20 Å². The summed E-state index contributed by atoms with van der Waals surface area (Å²) in [5.41, 5.74) is 1.68. The van der Waals surface area contributed by atoms with Crippen molar-refractivity contribution in [2.45, 2.75) is 78.5 Å². The molecular formula is C18H30N4O3. The number of hydrogen-bond acceptors (Lipinski definition) is 5. The Morgan fingerprint density at radius 1 is 1.20 bits per heavy atom. The van der Waals surface area contributed by atoms with E-state index in [1.54, 1.807) is 4.90 Å². The average Bonchev–Trinajstić information content (AvgIpc) is 2.86. The molecule has 0 N–H and O–H groups in total. The largest absolute Gasteiger partial charge is 0.444 e. The van der Waals surface area contributed by atoms with Crippen LogP contribution < -0.4 is 4.90 Å². The van der Waals surface area contributed by atoms with Crippen LogP contribution in [-0.2, 0) is 22.6 Å². The Labute approximate surface area is 149 Å². The number of amides is 1. The molecule has 1 saturated heterocycles. The number of rotatable bonds is 1. The number of aromatic nitrogens is 2. The summed E-state index contributed by atoms with van der Waals surface area (Å²) in [4.78, 5) is 16.7. The highest BCUT2D eigenvalue weighted by Crippen LogP contribution is 2.30. The van der Waals surface area contributed by atoms with Gasteiger partial charge in [-0.15, -0.1) is 0 Å². The molecule has 0 saturated carbocycles. The van der Waals surface area contributed by atoms with Gasteiger partial charge in [-0.25, -0.2) is 4.79 Å². The molecule has 0 radical (unpaired) electrons. The SMILES string of the molecule is C[C@@H]1CN(c2cnn3c2CN(C(=O)OC(C)(C)C)[C@@H](C)C3)C[C@H](C)O1. The molecule has 1 aromatic rings. The summed E-state index contributed by atoms with van der Waals surface area (Å²) in [6.07, 6.45) is 2.03. The predicted octanol–water partition coefficient (Wildman–Crippen LogP) is 2.64. The van der Waals surface area contributed by atoms with Crippen molar-refractivity contribution in [1.82, 2.24) is 14.7 Å². The third-order valence-electron chi connectivity index (χ3n) is 4.60. The van der Waals surface area contributed by atoms with Gasteiger partial charge >= 0.3 is 6.09 Å². The van der Waals surface area contributed by atoms with Crippen LogP contribution in [0.2, 0.25) is 0 Å². The van der Waals surface area contributed by atoms with Gasteiger partial charge in [0, 0.05) is 13.1 Å². The van der Waals surface area contributed by atoms with Crippen molar-refractivity contribution in [2.75, 3.05) is 18.0 Å². The molecule has 0 unspecified atom stereocenters. The van der Waals surface area contributed by atoms with E-state index in [4.69, 9.17) is 9.47 Å². The van der Waals surface area contributed by atoms with E-state index in [0.717, 1.165) is 24.5 Å². The van der Waals surface area contributed by atoms with Gasteiger partial charge in [0.05, 0.1) is 48.9 Å². The minimum Gasteiger partial charge on any atom is -0.444 e. The van der Waals surface area contributed by atoms with Crippen LogP contribution in [0, 0.1) is 0 Å². The summed E-state index contributed by atoms with van der Waals surface area (Å²) >= 11 is 0. The van der Waals surface area contributed by atoms with Crippen molar-refractivity contribution < 1.29 is 14.3 Å². The maximum atomic E-state index is 12.6. The molecule has 140 valence electrons. The first kappa shape index (κ1) is 18.0. The van der Waals surface area contributed by atoms with Crippen molar-refractivity contribution in [3.63, 3.8) is 0 Å². The van der Waals surface area contributed by atoms with Gasteiger partial charge in [0.1, 0.15) is 5.60 Å². The minimum absolute atomic E-state index is 0.0534. The van der Waals surface area contributed by atoms with E-state index in [9.17, 15) is 4.79 Å². The van der Waals surface area contributed by atoms with Gasteiger partial charge in [-0.2, -0.15) is 5.10 Å². The maximum absolute atomic E-state index is 12.6. The van der Waals surface area contributed by atoms with Gasteiger partial charge in [0.2, 0.25) is 0 Å². The third-order valence-corrected chi connectivity index (χ3v) is 4.60. The standard InChI is InChI=1S/C18H30N4O3/c1-12-8-22-16(11-21(12)17(23)25-18(4,5)6)15(7-19-22)20-9-13(2)24-14(3)10-20/h7,12-14H,8-11H2,1-6H3/t12-,13-,14+/m0/s1. The van der Waals surface area contributed by atoms with Gasteiger partial charge in [0.25, 0.3) is 0 Å². The van der Waals surface area contributed by atoms with E-state index in [1.165, 1.54) is 0 Å². The van der Waals surface area contributed by atoms with E-state index in [0.29, 0.717) is 13.1 Å². The van der Waals surface area contributed by atoms with Crippen molar-refractivity contribution in [3.05, 3.63) is 11.9 Å². The molecule has 25 heavy (non-hydrogen) atoms. The van der Waals surface area contributed by atoms with Crippen molar-refractivity contribution in [3.8, 4) is 0 Å². The third kappa shape index (κ3) is 3.92. The minimum atomic E-state index is -0.494. The normalized spacial score (nSPS) is 27.2. The van der Waals surface area contributed by atoms with E-state index in [-0.39, 0.29) is 24.3 Å². The Hall–Kier alpha value is -1.76. The first-order valence-electron chi connectivity index (χ1n) is 9.08. The molecule has 2 aliphatic rings. The van der Waals surface area contributed by atoms with Gasteiger partial charge in [-0.1, -0.05) is 0 Å². The molecule has 1 aromatic heterocycles. The summed E-state index contributed by atoms with van der Waals surface area (Å²) < 4.78 is 13.4. The fourth-order valence-electron chi connectivity index (χ4n) is 3.59. The number of hydrogen-bond donors (Lipinski definition) is 0. The number of morpholine rings is 1. The van der Waals surface area contributed by atoms with Crippen LogP contribution in [0.1, 0.15) is 47.2 Å². The second-order valence-corrected chi connectivity index (χ2v) is 8.28. The highest BCUT2D eigenvalue weighted by Gasteiger charge is 2.34. The first-order valence-corrected chi connectivity index (χ1v) is 9.08. The molecule has 7 nitrogen and oxygen atoms in total. The van der Waals surface area contributed by atoms with E-state index in [2.05, 4.69) is 23.8 Å². The average molecular weight is 350 g/mol. The lowest BCUT2D eigenvalue weighted by atomic mass is 10.1. The molecular weight excluding hydrogens is 320 g/mol. The zero-order valence-electron chi connectivity index (χ0n) is 16.2. The quantitative estimate of drug-likeness (QED) is 0.779. The van der Waals surface area contributed by atoms with Crippen LogP contribution in [0.25, 0.3) is 0 Å². The summed E-state index contributed by atoms with van der Waals surface area (Å²) in [6, 6.07) is 0.0534. The van der Waals surface area contributed by atoms with Gasteiger partial charge in [0.15, 0.2) is 0 Å². The Morgan fingerprint density at radius 3 is 2.44 bits per heavy atom. The molecule has 2 aliphatic heterocycles. The number of nitrogens with zero attached hydrogens (tertiary/aromatic N) is 4. The smallest absolute Gasteiger partial charge is 0.410 e. The fraction of sp³-hybridized carbons (Fsp3) is 0.778. The van der Waals surface area contributed by atoms with Crippen LogP contribution in [-0.4, -0.2) is 57.7 Å². The zero-order chi connectivity index (χ0) is 18.4. The summed E-state index contributed by atoms with van der Waals surface area (Å²) in [5, 5.41) is 4.56. The Kier molecular flexibility index (Phi) is 4.70. The number of carbonyl (C=O) groups excluding carboxylic acids is 1. The molecule has 0 bridgehead atoms. The molecule has 7 heteroatoms. The lowest BCUT2D eigenvalue weighted by Crippen LogP contribution is -2.48. The predicted molar refractivity (Wildman–Crippen MR) is 95.7 cm³/mol. The maximum Gasteiger partial charge on any atom is 0.410 e. The zero-order valence-corrected chi connectivity index (χ0v) is 16.2. The topological polar surface area (TPSA) is 59.8 Å². The molecule has 3 rings (SSSR count). The lowest BCUT2D eigenvalue weighted by molar-refractivity contribution is -0.00570. The van der Waals surface area contributed by atoms with Gasteiger partial charge in [-0.3, -0.25) is 9.58 Å². The second-order valence-electron chi connectivity index (χ2n) is 8.28. The van der Waals surface area contributed by atoms with E-state index in [1.807, 2.05) is 38.6 Å². The highest BCUT2D eigenvalue weighted by molar-refractivity contribution is 5.69. The molecule has 1 amide bonds. The fourth-order valence-corrected chi connectivity index (χ4v) is 3.59. The van der Waals surface area contributed by atoms with E-state index < -0.39 is 5.60 Å². The number of ether oxygens (including phenoxy) is 2. The lowest BCUT2D eigenvalue weighted by Gasteiger charge is -2.39. The molecule has 3 atom stereocenters. The summed E-state index contributed by atoms with van der Waals surface area (Å²) in [7, 11) is 0. The van der Waals surface area contributed by atoms with Crippen LogP contribution in [0.4, 0.5) is 10.5 Å². The molecule has 0 spiro atoms.